The first-order chi connectivity index (χ1) is 19.2. The van der Waals surface area contributed by atoms with Gasteiger partial charge in [0.15, 0.2) is 17.2 Å². The number of aliphatic hydroxyl groups excluding tert-OH is 1. The molecule has 220 valence electrons. The number of amides is 1. The van der Waals surface area contributed by atoms with Crippen LogP contribution >= 0.6 is 0 Å². The van der Waals surface area contributed by atoms with Gasteiger partial charge in [-0.1, -0.05) is 0 Å². The lowest BCUT2D eigenvalue weighted by molar-refractivity contribution is -0.265. The fraction of sp³-hybridized carbons (Fsp3) is 0.357. The van der Waals surface area contributed by atoms with Crippen molar-refractivity contribution >= 4 is 5.91 Å². The Labute approximate surface area is 232 Å². The number of benzene rings is 2. The van der Waals surface area contributed by atoms with Crippen LogP contribution in [0.3, 0.4) is 0 Å². The predicted octanol–water partition coefficient (Wildman–Crippen LogP) is 3.40. The van der Waals surface area contributed by atoms with Crippen LogP contribution in [0.5, 0.6) is 17.2 Å². The summed E-state index contributed by atoms with van der Waals surface area (Å²) in [5.41, 5.74) is 0.837. The van der Waals surface area contributed by atoms with E-state index >= 15 is 0 Å². The summed E-state index contributed by atoms with van der Waals surface area (Å²) >= 11 is 0. The van der Waals surface area contributed by atoms with E-state index in [9.17, 15) is 32.6 Å². The molecule has 4 rings (SSSR count). The smallest absolute Gasteiger partial charge is 0.424 e. The Morgan fingerprint density at radius 3 is 2.49 bits per heavy atom. The first kappa shape index (κ1) is 30.0. The highest BCUT2D eigenvalue weighted by Gasteiger charge is 2.57. The summed E-state index contributed by atoms with van der Waals surface area (Å²) in [4.78, 5) is 17.0. The van der Waals surface area contributed by atoms with Crippen LogP contribution in [-0.2, 0) is 11.1 Å². The third-order valence-electron chi connectivity index (χ3n) is 6.53. The molecule has 0 saturated carbocycles. The average molecular weight is 580 g/mol. The molecule has 1 aliphatic heterocycles. The van der Waals surface area contributed by atoms with Crippen LogP contribution in [0.15, 0.2) is 48.5 Å². The number of alkyl halides is 3. The number of aliphatic hydroxyl groups is 2. The van der Waals surface area contributed by atoms with E-state index in [0.717, 1.165) is 18.2 Å². The summed E-state index contributed by atoms with van der Waals surface area (Å²) in [6, 6.07) is 9.75. The number of rotatable bonds is 9. The Balaban J connectivity index is 1.70. The number of nitrogens with one attached hydrogen (secondary N) is 1. The molecule has 0 saturated heterocycles. The molecule has 0 aliphatic carbocycles. The summed E-state index contributed by atoms with van der Waals surface area (Å²) in [5.74, 6) is -1.08. The van der Waals surface area contributed by atoms with Gasteiger partial charge in [-0.05, 0) is 62.4 Å². The summed E-state index contributed by atoms with van der Waals surface area (Å²) < 4.78 is 73.3. The Morgan fingerprint density at radius 1 is 1.20 bits per heavy atom. The van der Waals surface area contributed by atoms with Gasteiger partial charge in [0.2, 0.25) is 5.60 Å². The fourth-order valence-corrected chi connectivity index (χ4v) is 4.20. The minimum absolute atomic E-state index is 0.0545. The van der Waals surface area contributed by atoms with E-state index in [1.165, 1.54) is 44.4 Å². The van der Waals surface area contributed by atoms with E-state index in [0.29, 0.717) is 0 Å². The number of carbonyl (C=O) groups excluding carboxylic acids is 1. The minimum atomic E-state index is -5.29. The number of nitrogens with zero attached hydrogens (tertiary/aromatic N) is 1. The second kappa shape index (κ2) is 11.1. The number of aromatic nitrogens is 1. The van der Waals surface area contributed by atoms with E-state index in [-0.39, 0.29) is 52.8 Å². The van der Waals surface area contributed by atoms with Crippen molar-refractivity contribution in [3.8, 4) is 28.5 Å². The predicted molar refractivity (Wildman–Crippen MR) is 139 cm³/mol. The Morgan fingerprint density at radius 2 is 1.88 bits per heavy atom. The van der Waals surface area contributed by atoms with Gasteiger partial charge in [0.25, 0.3) is 5.91 Å². The van der Waals surface area contributed by atoms with Crippen LogP contribution < -0.4 is 25.3 Å². The van der Waals surface area contributed by atoms with E-state index in [2.05, 4.69) is 10.3 Å². The SMILES string of the molecule is COc1cc(C(=O)NCC(O)(c2cc3c(c(-c4ccc(F)cc4)n2)OCC3(C)N)C(F)(F)F)ccc1OC[C@@H](C)O. The van der Waals surface area contributed by atoms with Crippen LogP contribution in [0.2, 0.25) is 0 Å². The van der Waals surface area contributed by atoms with Gasteiger partial charge in [0.1, 0.15) is 24.7 Å². The molecule has 9 nitrogen and oxygen atoms in total. The fourth-order valence-electron chi connectivity index (χ4n) is 4.20. The highest BCUT2D eigenvalue weighted by Crippen LogP contribution is 2.46. The molecule has 0 spiro atoms. The number of halogens is 4. The summed E-state index contributed by atoms with van der Waals surface area (Å²) in [6.07, 6.45) is -6.06. The highest BCUT2D eigenvalue weighted by molar-refractivity contribution is 5.95. The van der Waals surface area contributed by atoms with Crippen molar-refractivity contribution in [1.29, 1.82) is 0 Å². The zero-order valence-corrected chi connectivity index (χ0v) is 22.4. The minimum Gasteiger partial charge on any atom is -0.493 e. The monoisotopic (exact) mass is 579 g/mol. The molecule has 1 amide bonds. The normalized spacial score (nSPS) is 18.6. The summed E-state index contributed by atoms with van der Waals surface area (Å²) in [5, 5.41) is 22.6. The molecule has 2 heterocycles. The Kier molecular flexibility index (Phi) is 8.16. The van der Waals surface area contributed by atoms with Gasteiger partial charge < -0.3 is 35.5 Å². The molecule has 41 heavy (non-hydrogen) atoms. The molecule has 0 bridgehead atoms. The molecule has 0 radical (unpaired) electrons. The molecule has 0 fully saturated rings. The number of ether oxygens (including phenoxy) is 3. The van der Waals surface area contributed by atoms with E-state index in [4.69, 9.17) is 19.9 Å². The van der Waals surface area contributed by atoms with Gasteiger partial charge in [-0.15, -0.1) is 0 Å². The molecular formula is C28H29F4N3O6. The van der Waals surface area contributed by atoms with E-state index in [1.807, 2.05) is 0 Å². The van der Waals surface area contributed by atoms with Crippen LogP contribution in [0.1, 0.15) is 35.5 Å². The maximum atomic E-state index is 14.5. The number of hydrogen-bond acceptors (Lipinski definition) is 8. The molecular weight excluding hydrogens is 550 g/mol. The zero-order valence-electron chi connectivity index (χ0n) is 22.4. The molecule has 5 N–H and O–H groups in total. The van der Waals surface area contributed by atoms with Crippen LogP contribution in [0, 0.1) is 5.82 Å². The number of hydrogen-bond donors (Lipinski definition) is 4. The number of fused-ring (bicyclic) bond motifs is 1. The van der Waals surface area contributed by atoms with Gasteiger partial charge in [0, 0.05) is 16.7 Å². The van der Waals surface area contributed by atoms with E-state index in [1.54, 1.807) is 6.92 Å². The van der Waals surface area contributed by atoms with Gasteiger partial charge >= 0.3 is 6.18 Å². The lowest BCUT2D eigenvalue weighted by atomic mass is 9.89. The largest absolute Gasteiger partial charge is 0.493 e. The third kappa shape index (κ3) is 6.06. The molecule has 1 aliphatic rings. The highest BCUT2D eigenvalue weighted by atomic mass is 19.4. The first-order valence-electron chi connectivity index (χ1n) is 12.5. The quantitative estimate of drug-likeness (QED) is 0.283. The van der Waals surface area contributed by atoms with Crippen molar-refractivity contribution in [3.63, 3.8) is 0 Å². The topological polar surface area (TPSA) is 136 Å². The molecule has 2 unspecified atom stereocenters. The molecule has 3 atom stereocenters. The van der Waals surface area contributed by atoms with Crippen molar-refractivity contribution < 1.29 is 46.8 Å². The lowest BCUT2D eigenvalue weighted by Crippen LogP contribution is -2.51. The Hall–Kier alpha value is -3.94. The second-order valence-electron chi connectivity index (χ2n) is 10.0. The van der Waals surface area contributed by atoms with Gasteiger partial charge in [0.05, 0.1) is 31.0 Å². The van der Waals surface area contributed by atoms with Crippen LogP contribution in [0.25, 0.3) is 11.3 Å². The average Bonchev–Trinajstić information content (AvgIpc) is 3.23. The van der Waals surface area contributed by atoms with E-state index < -0.39 is 47.4 Å². The Bertz CT molecular complexity index is 1430. The molecule has 13 heteroatoms. The standard InChI is InChI=1S/C28H29F4N3O6/c1-15(36)12-40-20-9-6-17(10-21(20)39-3)25(37)34-13-27(38,28(30,31)32)22-11-19-24(41-14-26(19,2)33)23(35-22)16-4-7-18(29)8-5-16/h4-11,15,36,38H,12-14,33H2,1-3H3,(H,34,37)/t15-,26?,27?/m1/s1. The summed E-state index contributed by atoms with van der Waals surface area (Å²) in [6.45, 7) is 1.64. The van der Waals surface area contributed by atoms with Gasteiger partial charge in [-0.25, -0.2) is 9.37 Å². The van der Waals surface area contributed by atoms with Crippen LogP contribution in [-0.4, -0.2) is 60.3 Å². The van der Waals surface area contributed by atoms with Gasteiger partial charge in [-0.3, -0.25) is 4.79 Å². The van der Waals surface area contributed by atoms with Crippen molar-refractivity contribution in [2.45, 2.75) is 37.3 Å². The number of pyridine rings is 1. The zero-order chi connectivity index (χ0) is 30.2. The number of nitrogens with two attached hydrogens (primary N) is 1. The number of carbonyl (C=O) groups is 1. The first-order valence-corrected chi connectivity index (χ1v) is 12.5. The maximum Gasteiger partial charge on any atom is 0.424 e. The number of methoxy groups -OCH3 is 1. The third-order valence-corrected chi connectivity index (χ3v) is 6.53. The molecule has 2 aromatic carbocycles. The summed E-state index contributed by atoms with van der Waals surface area (Å²) in [7, 11) is 1.31. The molecule has 3 aromatic rings. The lowest BCUT2D eigenvalue weighted by Gasteiger charge is -2.31. The van der Waals surface area contributed by atoms with Crippen molar-refractivity contribution in [2.75, 3.05) is 26.9 Å². The van der Waals surface area contributed by atoms with Crippen molar-refractivity contribution in [3.05, 3.63) is 71.2 Å². The molecule has 1 aromatic heterocycles. The second-order valence-corrected chi connectivity index (χ2v) is 10.0. The van der Waals surface area contributed by atoms with Gasteiger partial charge in [-0.2, -0.15) is 13.2 Å². The van der Waals surface area contributed by atoms with Crippen LogP contribution in [0.4, 0.5) is 17.6 Å². The van der Waals surface area contributed by atoms with Crippen molar-refractivity contribution in [1.82, 2.24) is 10.3 Å². The van der Waals surface area contributed by atoms with Crippen molar-refractivity contribution in [2.24, 2.45) is 5.73 Å². The maximum absolute atomic E-state index is 14.5.